The number of nitrogens with one attached hydrogen (secondary N) is 2. The van der Waals surface area contributed by atoms with Crippen molar-refractivity contribution in [1.29, 1.82) is 5.41 Å². The van der Waals surface area contributed by atoms with Crippen LogP contribution >= 0.6 is 0 Å². The third kappa shape index (κ3) is 5.90. The summed E-state index contributed by atoms with van der Waals surface area (Å²) in [5.74, 6) is -3.04. The van der Waals surface area contributed by atoms with Crippen molar-refractivity contribution >= 4 is 35.3 Å². The lowest BCUT2D eigenvalue weighted by molar-refractivity contribution is -0.138. The Labute approximate surface area is 180 Å². The fraction of sp³-hybridized carbons (Fsp3) is 0.150. The van der Waals surface area contributed by atoms with Crippen LogP contribution in [0.15, 0.2) is 57.4 Å². The van der Waals surface area contributed by atoms with Gasteiger partial charge in [-0.25, -0.2) is 9.98 Å². The summed E-state index contributed by atoms with van der Waals surface area (Å²) in [6.07, 6.45) is -4.15. The molecule has 0 bridgehead atoms. The Morgan fingerprint density at radius 1 is 1.19 bits per heavy atom. The molecule has 0 saturated heterocycles. The van der Waals surface area contributed by atoms with Crippen molar-refractivity contribution in [3.05, 3.63) is 59.2 Å². The van der Waals surface area contributed by atoms with E-state index in [2.05, 4.69) is 15.0 Å². The largest absolute Gasteiger partial charge is 0.505 e. The molecule has 0 atom stereocenters. The highest BCUT2D eigenvalue weighted by Gasteiger charge is 2.37. The normalized spacial score (nSPS) is 13.1. The van der Waals surface area contributed by atoms with Gasteiger partial charge < -0.3 is 27.3 Å². The summed E-state index contributed by atoms with van der Waals surface area (Å²) >= 11 is 0. The van der Waals surface area contributed by atoms with Crippen molar-refractivity contribution in [2.24, 2.45) is 26.4 Å². The Morgan fingerprint density at radius 3 is 2.41 bits per heavy atom. The maximum absolute atomic E-state index is 13.3. The number of amides is 1. The number of nitrogens with two attached hydrogens (primary N) is 2. The molecule has 2 rings (SSSR count). The summed E-state index contributed by atoms with van der Waals surface area (Å²) in [6.45, 7) is 0.115. The first-order valence-corrected chi connectivity index (χ1v) is 9.01. The summed E-state index contributed by atoms with van der Waals surface area (Å²) in [5.41, 5.74) is 9.50. The Morgan fingerprint density at radius 2 is 1.84 bits per heavy atom. The molecule has 2 aromatic carbocycles. The van der Waals surface area contributed by atoms with Crippen LogP contribution in [-0.2, 0) is 12.7 Å². The molecule has 0 heterocycles. The molecule has 168 valence electrons. The quantitative estimate of drug-likeness (QED) is 0.351. The molecule has 0 aliphatic heterocycles. The number of benzene rings is 2. The zero-order chi connectivity index (χ0) is 23.9. The van der Waals surface area contributed by atoms with Gasteiger partial charge in [-0.15, -0.1) is 0 Å². The highest BCUT2D eigenvalue weighted by Crippen LogP contribution is 2.40. The van der Waals surface area contributed by atoms with Crippen LogP contribution in [-0.4, -0.2) is 41.8 Å². The van der Waals surface area contributed by atoms with Gasteiger partial charge in [-0.3, -0.25) is 9.79 Å². The van der Waals surface area contributed by atoms with Crippen LogP contribution < -0.4 is 16.8 Å². The zero-order valence-electron chi connectivity index (χ0n) is 16.8. The van der Waals surface area contributed by atoms with E-state index >= 15 is 0 Å². The average Bonchev–Trinajstić information content (AvgIpc) is 2.76. The Balaban J connectivity index is 2.57. The number of aromatic hydroxyl groups is 1. The molecule has 0 aromatic heterocycles. The van der Waals surface area contributed by atoms with Gasteiger partial charge in [-0.2, -0.15) is 13.2 Å². The molecule has 9 nitrogen and oxygen atoms in total. The van der Waals surface area contributed by atoms with Crippen LogP contribution in [0.5, 0.6) is 5.75 Å². The van der Waals surface area contributed by atoms with Gasteiger partial charge in [0.2, 0.25) is 0 Å². The van der Waals surface area contributed by atoms with Crippen LogP contribution in [0.1, 0.15) is 21.5 Å². The molecule has 0 spiro atoms. The second kappa shape index (κ2) is 10.2. The van der Waals surface area contributed by atoms with E-state index in [0.717, 1.165) is 24.9 Å². The molecule has 0 aliphatic rings. The molecule has 7 N–H and O–H groups in total. The van der Waals surface area contributed by atoms with Crippen molar-refractivity contribution in [1.82, 2.24) is 5.32 Å². The molecular formula is C20H20F3N7O2. The lowest BCUT2D eigenvalue weighted by Gasteiger charge is -2.14. The average molecular weight is 447 g/mol. The number of alkyl halides is 3. The minimum Gasteiger partial charge on any atom is -0.505 e. The van der Waals surface area contributed by atoms with E-state index in [0.29, 0.717) is 6.07 Å². The molecule has 0 saturated carbocycles. The summed E-state index contributed by atoms with van der Waals surface area (Å²) in [4.78, 5) is 23.9. The predicted molar refractivity (Wildman–Crippen MR) is 116 cm³/mol. The van der Waals surface area contributed by atoms with Crippen LogP contribution in [0.25, 0.3) is 0 Å². The lowest BCUT2D eigenvalue weighted by Crippen LogP contribution is -2.26. The van der Waals surface area contributed by atoms with Gasteiger partial charge in [0.15, 0.2) is 17.4 Å². The van der Waals surface area contributed by atoms with E-state index in [9.17, 15) is 23.1 Å². The first kappa shape index (κ1) is 24.1. The van der Waals surface area contributed by atoms with Crippen LogP contribution in [0.3, 0.4) is 0 Å². The van der Waals surface area contributed by atoms with E-state index in [4.69, 9.17) is 16.9 Å². The van der Waals surface area contributed by atoms with Crippen LogP contribution in [0.4, 0.5) is 18.9 Å². The van der Waals surface area contributed by atoms with Crippen molar-refractivity contribution in [3.8, 4) is 5.75 Å². The number of aliphatic imine (C=N–C) groups is 3. The van der Waals surface area contributed by atoms with Crippen molar-refractivity contribution < 1.29 is 23.1 Å². The number of amidine groups is 3. The van der Waals surface area contributed by atoms with E-state index in [1.54, 1.807) is 24.3 Å². The number of rotatable bonds is 5. The highest BCUT2D eigenvalue weighted by atomic mass is 19.4. The van der Waals surface area contributed by atoms with Crippen molar-refractivity contribution in [2.45, 2.75) is 12.7 Å². The molecule has 0 radical (unpaired) electrons. The van der Waals surface area contributed by atoms with E-state index in [1.807, 2.05) is 11.4 Å². The maximum Gasteiger partial charge on any atom is 0.417 e. The van der Waals surface area contributed by atoms with Gasteiger partial charge in [0, 0.05) is 7.05 Å². The standard InChI is InChI=1S/C20H20F3N7O2/c1-27-19(32)15-12(20(21,22)23)7-8-13(16(15)31)29-17(26)18(30-14(25)9-24)28-10-11-5-3-2-4-6-11/h2-9,24,31H,10H2,1H3,(H2,26,29)(H,27,32)(H2,25,28,30). The van der Waals surface area contributed by atoms with Gasteiger partial charge in [0.25, 0.3) is 5.91 Å². The highest BCUT2D eigenvalue weighted by molar-refractivity contribution is 6.45. The van der Waals surface area contributed by atoms with Crippen LogP contribution in [0, 0.1) is 5.41 Å². The zero-order valence-corrected chi connectivity index (χ0v) is 16.8. The molecular weight excluding hydrogens is 427 g/mol. The summed E-state index contributed by atoms with van der Waals surface area (Å²) in [7, 11) is 1.12. The minimum atomic E-state index is -4.89. The SMILES string of the molecule is CNC(=O)c1c(C(F)(F)F)ccc(N=C(N)C(N=C(N)C=N)=NCc2ccccc2)c1O. The Bertz CT molecular complexity index is 1090. The van der Waals surface area contributed by atoms with E-state index < -0.39 is 40.5 Å². The first-order valence-electron chi connectivity index (χ1n) is 9.01. The monoisotopic (exact) mass is 447 g/mol. The molecule has 1 amide bonds. The van der Waals surface area contributed by atoms with E-state index in [-0.39, 0.29) is 18.2 Å². The first-order chi connectivity index (χ1) is 15.1. The van der Waals surface area contributed by atoms with Crippen LogP contribution in [0.2, 0.25) is 0 Å². The van der Waals surface area contributed by atoms with Gasteiger partial charge in [-0.1, -0.05) is 30.3 Å². The van der Waals surface area contributed by atoms with Crippen molar-refractivity contribution in [3.63, 3.8) is 0 Å². The maximum atomic E-state index is 13.3. The minimum absolute atomic E-state index is 0.115. The molecule has 2 aromatic rings. The number of nitrogens with zero attached hydrogens (tertiary/aromatic N) is 3. The van der Waals surface area contributed by atoms with E-state index in [1.165, 1.54) is 0 Å². The Kier molecular flexibility index (Phi) is 7.66. The third-order valence-corrected chi connectivity index (χ3v) is 4.02. The number of phenolic OH excluding ortho intramolecular Hbond substituents is 1. The molecule has 0 aliphatic carbocycles. The number of hydrogen-bond acceptors (Lipinski definition) is 5. The summed E-state index contributed by atoms with van der Waals surface area (Å²) < 4.78 is 39.8. The van der Waals surface area contributed by atoms with Crippen molar-refractivity contribution in [2.75, 3.05) is 7.05 Å². The molecule has 0 fully saturated rings. The second-order valence-electron chi connectivity index (χ2n) is 6.24. The number of carbonyl (C=O) groups excluding carboxylic acids is 1. The summed E-state index contributed by atoms with van der Waals surface area (Å²) in [6, 6.07) is 10.4. The smallest absolute Gasteiger partial charge is 0.417 e. The second-order valence-corrected chi connectivity index (χ2v) is 6.24. The van der Waals surface area contributed by atoms with Gasteiger partial charge in [-0.05, 0) is 17.7 Å². The molecule has 12 heteroatoms. The van der Waals surface area contributed by atoms with Gasteiger partial charge >= 0.3 is 6.18 Å². The number of carbonyl (C=O) groups is 1. The molecule has 32 heavy (non-hydrogen) atoms. The predicted octanol–water partition coefficient (Wildman–Crippen LogP) is 2.36. The van der Waals surface area contributed by atoms with Gasteiger partial charge in [0.1, 0.15) is 11.5 Å². The Hall–Kier alpha value is -4.22. The topological polar surface area (TPSA) is 162 Å². The number of hydrogen-bond donors (Lipinski definition) is 5. The van der Waals surface area contributed by atoms with Gasteiger partial charge in [0.05, 0.1) is 23.9 Å². The summed E-state index contributed by atoms with van der Waals surface area (Å²) in [5, 5.41) is 19.6. The fourth-order valence-corrected chi connectivity index (χ4v) is 2.52. The lowest BCUT2D eigenvalue weighted by atomic mass is 10.0. The third-order valence-electron chi connectivity index (χ3n) is 4.02. The number of halogens is 3. The molecule has 0 unspecified atom stereocenters. The fourth-order valence-electron chi connectivity index (χ4n) is 2.52. The number of phenols is 1.